The number of hydrogen-bond acceptors (Lipinski definition) is 9. The molecule has 2 aliphatic heterocycles. The molecule has 10 fully saturated rings. The number of methoxy groups -OCH3 is 2. The van der Waals surface area contributed by atoms with Crippen molar-refractivity contribution in [2.45, 2.75) is 90.1 Å². The molecule has 0 atom stereocenters. The van der Waals surface area contributed by atoms with Gasteiger partial charge in [0.1, 0.15) is 11.6 Å². The smallest absolute Gasteiger partial charge is 0.337 e. The zero-order valence-electron chi connectivity index (χ0n) is 36.9. The molecule has 2 aromatic rings. The Morgan fingerprint density at radius 1 is 0.694 bits per heavy atom. The Morgan fingerprint density at radius 3 is 1.56 bits per heavy atom. The number of rotatable bonds is 10. The van der Waals surface area contributed by atoms with Gasteiger partial charge in [-0.2, -0.15) is 0 Å². The number of halogens is 2. The van der Waals surface area contributed by atoms with Crippen LogP contribution in [0.2, 0.25) is 0 Å². The van der Waals surface area contributed by atoms with Gasteiger partial charge in [0.2, 0.25) is 0 Å². The Morgan fingerprint density at radius 2 is 1.15 bits per heavy atom. The lowest BCUT2D eigenvalue weighted by atomic mass is 9.49. The molecule has 10 aliphatic rings. The standard InChI is InChI=1S/C25H33FN2O4.C20H26FNO2.C4H9NO/c1-31-23(29)20-2-3-21(22(26)11-20)15-28(24(30)27-4-6-32-7-5-27)16-25-12-17-8-18(13-25)10-19(9-17)14-25;1-24-19(23)16-2-3-17(18(21)7-16)11-22-12-20-8-13-4-14(9-20)6-15(5-13)10-20;1-3-6-4-2-5-1/h2-3,11,17-19H,4-10,12-16H2,1H3;2-3,7,13-15,22H,4-6,8-12H2,1H3;5H,1-4H2. The Bertz CT molecular complexity index is 1800. The number of nitrogens with one attached hydrogen (secondary N) is 2. The second-order valence-corrected chi connectivity index (χ2v) is 20.1. The molecule has 2 saturated heterocycles. The predicted molar refractivity (Wildman–Crippen MR) is 230 cm³/mol. The lowest BCUT2D eigenvalue weighted by Gasteiger charge is -2.58. The predicted octanol–water partition coefficient (Wildman–Crippen LogP) is 7.61. The Balaban J connectivity index is 0.000000155. The number of nitrogens with zero attached hydrogens (tertiary/aromatic N) is 2. The summed E-state index contributed by atoms with van der Waals surface area (Å²) in [4.78, 5) is 40.5. The lowest BCUT2D eigenvalue weighted by Crippen LogP contribution is -2.55. The second kappa shape index (κ2) is 20.0. The van der Waals surface area contributed by atoms with Crippen LogP contribution in [0.15, 0.2) is 36.4 Å². The van der Waals surface area contributed by atoms with Crippen molar-refractivity contribution in [1.29, 1.82) is 0 Å². The number of morpholine rings is 2. The first-order chi connectivity index (χ1) is 30.0. The SMILES string of the molecule is C1COCCN1.COC(=O)c1ccc(CN(CC23CC4CC(CC(C4)C2)C3)C(=O)N2CCOCC2)c(F)c1.COC(=O)c1ccc(CNCC23CC4CC(CC(C4)C2)C3)c(F)c1. The van der Waals surface area contributed by atoms with Gasteiger partial charge < -0.3 is 39.4 Å². The fraction of sp³-hybridized carbons (Fsp3) is 0.694. The average molecular weight is 863 g/mol. The van der Waals surface area contributed by atoms with Crippen LogP contribution in [0.25, 0.3) is 0 Å². The third-order valence-corrected chi connectivity index (χ3v) is 15.4. The first-order valence-electron chi connectivity index (χ1n) is 23.4. The Labute approximate surface area is 366 Å². The number of amides is 2. The van der Waals surface area contributed by atoms with Crippen LogP contribution in [0, 0.1) is 58.0 Å². The fourth-order valence-corrected chi connectivity index (χ4v) is 13.6. The largest absolute Gasteiger partial charge is 0.465 e. The summed E-state index contributed by atoms with van der Waals surface area (Å²) in [6.07, 6.45) is 16.0. The maximum absolute atomic E-state index is 14.9. The van der Waals surface area contributed by atoms with Gasteiger partial charge in [-0.05, 0) is 148 Å². The van der Waals surface area contributed by atoms with Crippen LogP contribution in [-0.4, -0.2) is 108 Å². The molecule has 0 aromatic heterocycles. The molecule has 2 amide bonds. The van der Waals surface area contributed by atoms with Crippen LogP contribution in [0.4, 0.5) is 13.6 Å². The maximum atomic E-state index is 14.9. The van der Waals surface area contributed by atoms with E-state index in [1.54, 1.807) is 24.3 Å². The minimum Gasteiger partial charge on any atom is -0.465 e. The molecular formula is C49H68F2N4O7. The van der Waals surface area contributed by atoms with E-state index in [0.717, 1.165) is 68.4 Å². The highest BCUT2D eigenvalue weighted by Gasteiger charge is 2.52. The third kappa shape index (κ3) is 10.8. The van der Waals surface area contributed by atoms with E-state index < -0.39 is 17.8 Å². The van der Waals surface area contributed by atoms with Gasteiger partial charge in [-0.1, -0.05) is 12.1 Å². The number of esters is 2. The van der Waals surface area contributed by atoms with E-state index in [-0.39, 0.29) is 34.9 Å². The molecule has 2 aromatic carbocycles. The van der Waals surface area contributed by atoms with E-state index >= 15 is 0 Å². The van der Waals surface area contributed by atoms with Crippen molar-refractivity contribution in [2.24, 2.45) is 46.3 Å². The summed E-state index contributed by atoms with van der Waals surface area (Å²) < 4.78 is 48.9. The number of urea groups is 1. The molecule has 0 unspecified atom stereocenters. The van der Waals surface area contributed by atoms with Crippen molar-refractivity contribution >= 4 is 18.0 Å². The number of benzene rings is 2. The molecule has 0 radical (unpaired) electrons. The highest BCUT2D eigenvalue weighted by molar-refractivity contribution is 5.89. The molecular weight excluding hydrogens is 795 g/mol. The van der Waals surface area contributed by atoms with Crippen LogP contribution < -0.4 is 10.6 Å². The average Bonchev–Trinajstić information content (AvgIpc) is 3.27. The van der Waals surface area contributed by atoms with Gasteiger partial charge in [0.05, 0.1) is 58.3 Å². The quantitative estimate of drug-likeness (QED) is 0.233. The number of ether oxygens (including phenoxy) is 4. The van der Waals surface area contributed by atoms with Crippen molar-refractivity contribution in [2.75, 3.05) is 79.9 Å². The normalized spacial score (nSPS) is 31.3. The van der Waals surface area contributed by atoms with E-state index in [1.165, 1.54) is 103 Å². The van der Waals surface area contributed by atoms with Crippen molar-refractivity contribution in [3.63, 3.8) is 0 Å². The summed E-state index contributed by atoms with van der Waals surface area (Å²) in [6.45, 7) is 8.47. The summed E-state index contributed by atoms with van der Waals surface area (Å²) >= 11 is 0. The van der Waals surface area contributed by atoms with Crippen LogP contribution in [-0.2, 0) is 32.0 Å². The maximum Gasteiger partial charge on any atom is 0.337 e. The summed E-state index contributed by atoms with van der Waals surface area (Å²) in [7, 11) is 2.59. The summed E-state index contributed by atoms with van der Waals surface area (Å²) in [5.74, 6) is 3.31. The zero-order chi connectivity index (χ0) is 43.3. The number of hydrogen-bond donors (Lipinski definition) is 2. The summed E-state index contributed by atoms with van der Waals surface area (Å²) in [5.41, 5.74) is 2.12. The molecule has 340 valence electrons. The minimum atomic E-state index is -0.565. The summed E-state index contributed by atoms with van der Waals surface area (Å²) in [6, 6.07) is 8.97. The molecule has 12 rings (SSSR count). The number of carbonyl (C=O) groups is 3. The van der Waals surface area contributed by atoms with Crippen molar-refractivity contribution < 1.29 is 42.1 Å². The molecule has 8 aliphatic carbocycles. The van der Waals surface area contributed by atoms with E-state index in [9.17, 15) is 23.2 Å². The minimum absolute atomic E-state index is 0.0273. The van der Waals surface area contributed by atoms with Gasteiger partial charge in [0, 0.05) is 56.9 Å². The van der Waals surface area contributed by atoms with E-state index in [0.29, 0.717) is 55.9 Å². The van der Waals surface area contributed by atoms with Gasteiger partial charge >= 0.3 is 18.0 Å². The van der Waals surface area contributed by atoms with E-state index in [4.69, 9.17) is 14.2 Å². The number of carbonyl (C=O) groups excluding carboxylic acids is 3. The van der Waals surface area contributed by atoms with Crippen LogP contribution >= 0.6 is 0 Å². The Kier molecular flexibility index (Phi) is 14.5. The molecule has 0 spiro atoms. The molecule has 8 bridgehead atoms. The van der Waals surface area contributed by atoms with Gasteiger partial charge in [0.25, 0.3) is 0 Å². The fourth-order valence-electron chi connectivity index (χ4n) is 13.6. The first-order valence-corrected chi connectivity index (χ1v) is 23.4. The van der Waals surface area contributed by atoms with Crippen LogP contribution in [0.5, 0.6) is 0 Å². The molecule has 2 N–H and O–H groups in total. The monoisotopic (exact) mass is 863 g/mol. The van der Waals surface area contributed by atoms with Gasteiger partial charge in [-0.3, -0.25) is 0 Å². The highest BCUT2D eigenvalue weighted by Crippen LogP contribution is 2.61. The van der Waals surface area contributed by atoms with Gasteiger partial charge in [-0.25, -0.2) is 23.2 Å². The van der Waals surface area contributed by atoms with Crippen LogP contribution in [0.1, 0.15) is 109 Å². The highest BCUT2D eigenvalue weighted by atomic mass is 19.1. The molecule has 62 heavy (non-hydrogen) atoms. The molecule has 11 nitrogen and oxygen atoms in total. The van der Waals surface area contributed by atoms with Gasteiger partial charge in [0.15, 0.2) is 0 Å². The van der Waals surface area contributed by atoms with Crippen molar-refractivity contribution in [3.05, 3.63) is 70.3 Å². The van der Waals surface area contributed by atoms with Crippen molar-refractivity contribution in [3.8, 4) is 0 Å². The van der Waals surface area contributed by atoms with E-state index in [2.05, 4.69) is 15.4 Å². The van der Waals surface area contributed by atoms with Crippen molar-refractivity contribution in [1.82, 2.24) is 20.4 Å². The molecule has 13 heteroatoms. The first kappa shape index (κ1) is 44.9. The molecule has 8 saturated carbocycles. The van der Waals surface area contributed by atoms with Gasteiger partial charge in [-0.15, -0.1) is 0 Å². The Hall–Kier alpha value is -3.65. The van der Waals surface area contributed by atoms with E-state index in [1.807, 2.05) is 9.80 Å². The summed E-state index contributed by atoms with van der Waals surface area (Å²) in [5, 5.41) is 6.67. The lowest BCUT2D eigenvalue weighted by molar-refractivity contribution is -0.0672. The topological polar surface area (TPSA) is 119 Å². The van der Waals surface area contributed by atoms with Crippen LogP contribution in [0.3, 0.4) is 0 Å². The molecule has 2 heterocycles. The second-order valence-electron chi connectivity index (χ2n) is 20.1. The third-order valence-electron chi connectivity index (χ3n) is 15.4. The zero-order valence-corrected chi connectivity index (χ0v) is 36.9.